The Morgan fingerprint density at radius 3 is 3.00 bits per heavy atom. The van der Waals surface area contributed by atoms with Crippen LogP contribution in [-0.2, 0) is 14.3 Å². The second-order valence-corrected chi connectivity index (χ2v) is 4.75. The molecule has 1 aliphatic rings. The molecule has 0 aliphatic carbocycles. The molecule has 1 rings (SSSR count). The van der Waals surface area contributed by atoms with Gasteiger partial charge in [-0.25, -0.2) is 0 Å². The van der Waals surface area contributed by atoms with Crippen LogP contribution in [0.4, 0.5) is 0 Å². The number of hydrogen-bond acceptors (Lipinski definition) is 4. The number of nitrogens with one attached hydrogen (secondary N) is 1. The summed E-state index contributed by atoms with van der Waals surface area (Å²) in [5.74, 6) is 2.53. The molecule has 2 amide bonds. The van der Waals surface area contributed by atoms with Crippen molar-refractivity contribution in [1.29, 1.82) is 0 Å². The molecule has 0 saturated carbocycles. The Kier molecular flexibility index (Phi) is 7.05. The van der Waals surface area contributed by atoms with Crippen molar-refractivity contribution >= 4 is 12.3 Å². The van der Waals surface area contributed by atoms with E-state index in [2.05, 4.69) is 11.2 Å². The lowest BCUT2D eigenvalue weighted by atomic mass is 9.95. The monoisotopic (exact) mass is 282 g/mol. The number of carbonyl (C=O) groups is 2. The zero-order valence-corrected chi connectivity index (χ0v) is 11.7. The van der Waals surface area contributed by atoms with Gasteiger partial charge in [0.15, 0.2) is 0 Å². The van der Waals surface area contributed by atoms with E-state index in [-0.39, 0.29) is 43.7 Å². The molecule has 0 aromatic rings. The fraction of sp³-hybridized carbons (Fsp3) is 0.714. The second kappa shape index (κ2) is 8.56. The molecular formula is C14H22N2O4. The summed E-state index contributed by atoms with van der Waals surface area (Å²) < 4.78 is 5.50. The first kappa shape index (κ1) is 16.5. The van der Waals surface area contributed by atoms with E-state index in [1.807, 2.05) is 6.92 Å². The molecule has 1 saturated heterocycles. The summed E-state index contributed by atoms with van der Waals surface area (Å²) in [6, 6.07) is -0.0744. The van der Waals surface area contributed by atoms with Crippen molar-refractivity contribution in [2.75, 3.05) is 26.3 Å². The number of amides is 2. The van der Waals surface area contributed by atoms with E-state index in [0.29, 0.717) is 19.4 Å². The summed E-state index contributed by atoms with van der Waals surface area (Å²) in [6.45, 7) is 2.60. The Labute approximate surface area is 119 Å². The Bertz CT molecular complexity index is 367. The first-order chi connectivity index (χ1) is 9.67. The van der Waals surface area contributed by atoms with Gasteiger partial charge in [-0.3, -0.25) is 9.59 Å². The third kappa shape index (κ3) is 4.22. The zero-order chi connectivity index (χ0) is 15.0. The fourth-order valence-electron chi connectivity index (χ4n) is 2.57. The Balaban J connectivity index is 2.72. The number of nitrogens with zero attached hydrogens (tertiary/aromatic N) is 1. The normalized spacial score (nSPS) is 23.1. The first-order valence-corrected chi connectivity index (χ1v) is 6.83. The van der Waals surface area contributed by atoms with Crippen molar-refractivity contribution in [1.82, 2.24) is 10.2 Å². The van der Waals surface area contributed by atoms with Crippen LogP contribution in [0.15, 0.2) is 0 Å². The summed E-state index contributed by atoms with van der Waals surface area (Å²) in [5, 5.41) is 11.2. The molecule has 3 unspecified atom stereocenters. The van der Waals surface area contributed by atoms with Crippen molar-refractivity contribution in [2.24, 2.45) is 5.92 Å². The van der Waals surface area contributed by atoms with Gasteiger partial charge in [-0.15, -0.1) is 12.3 Å². The van der Waals surface area contributed by atoms with Crippen LogP contribution in [0.1, 0.15) is 19.8 Å². The van der Waals surface area contributed by atoms with Crippen molar-refractivity contribution < 1.29 is 19.4 Å². The van der Waals surface area contributed by atoms with Gasteiger partial charge in [0, 0.05) is 18.5 Å². The standard InChI is InChI=1S/C14H22N2O4/c1-3-11(4-2)13-7-12(20-6-5-17)9-16(13)14(19)8-15-10-18/h1,10-13,17H,4-9H2,2H3,(H,15,18). The van der Waals surface area contributed by atoms with E-state index in [1.165, 1.54) is 0 Å². The zero-order valence-electron chi connectivity index (χ0n) is 11.7. The fourth-order valence-corrected chi connectivity index (χ4v) is 2.57. The molecular weight excluding hydrogens is 260 g/mol. The first-order valence-electron chi connectivity index (χ1n) is 6.83. The van der Waals surface area contributed by atoms with Crippen LogP contribution in [0.2, 0.25) is 0 Å². The molecule has 0 aromatic heterocycles. The van der Waals surface area contributed by atoms with Gasteiger partial charge in [0.05, 0.1) is 25.9 Å². The van der Waals surface area contributed by atoms with Gasteiger partial charge < -0.3 is 20.1 Å². The minimum atomic E-state index is -0.161. The average molecular weight is 282 g/mol. The SMILES string of the molecule is C#CC(CC)C1CC(OCCO)CN1C(=O)CNC=O. The number of aliphatic hydroxyl groups is 1. The average Bonchev–Trinajstić information content (AvgIpc) is 2.88. The predicted octanol–water partition coefficient (Wildman–Crippen LogP) is -0.630. The number of rotatable bonds is 8. The maximum atomic E-state index is 12.1. The Hall–Kier alpha value is -1.58. The molecule has 6 heteroatoms. The van der Waals surface area contributed by atoms with Crippen molar-refractivity contribution in [3.8, 4) is 12.3 Å². The lowest BCUT2D eigenvalue weighted by Crippen LogP contribution is -2.44. The van der Waals surface area contributed by atoms with Crippen LogP contribution >= 0.6 is 0 Å². The lowest BCUT2D eigenvalue weighted by Gasteiger charge is -2.28. The highest BCUT2D eigenvalue weighted by atomic mass is 16.5. The molecule has 1 fully saturated rings. The van der Waals surface area contributed by atoms with E-state index < -0.39 is 0 Å². The molecule has 0 radical (unpaired) electrons. The van der Waals surface area contributed by atoms with Crippen molar-refractivity contribution in [3.63, 3.8) is 0 Å². The number of terminal acetylenes is 1. The molecule has 0 aromatic carbocycles. The number of ether oxygens (including phenoxy) is 1. The topological polar surface area (TPSA) is 78.9 Å². The highest BCUT2D eigenvalue weighted by Crippen LogP contribution is 2.27. The molecule has 20 heavy (non-hydrogen) atoms. The largest absolute Gasteiger partial charge is 0.394 e. The Morgan fingerprint density at radius 1 is 1.70 bits per heavy atom. The van der Waals surface area contributed by atoms with Crippen LogP contribution < -0.4 is 5.32 Å². The van der Waals surface area contributed by atoms with Crippen LogP contribution in [0.25, 0.3) is 0 Å². The number of likely N-dealkylation sites (tertiary alicyclic amines) is 1. The highest BCUT2D eigenvalue weighted by Gasteiger charge is 2.38. The van der Waals surface area contributed by atoms with E-state index >= 15 is 0 Å². The van der Waals surface area contributed by atoms with E-state index in [0.717, 1.165) is 6.42 Å². The summed E-state index contributed by atoms with van der Waals surface area (Å²) in [6.07, 6.45) is 7.35. The number of hydrogen-bond donors (Lipinski definition) is 2. The maximum absolute atomic E-state index is 12.1. The van der Waals surface area contributed by atoms with E-state index in [1.54, 1.807) is 4.90 Å². The summed E-state index contributed by atoms with van der Waals surface area (Å²) >= 11 is 0. The maximum Gasteiger partial charge on any atom is 0.242 e. The minimum absolute atomic E-state index is 0.0297. The summed E-state index contributed by atoms with van der Waals surface area (Å²) in [4.78, 5) is 24.1. The Morgan fingerprint density at radius 2 is 2.45 bits per heavy atom. The molecule has 2 N–H and O–H groups in total. The van der Waals surface area contributed by atoms with Gasteiger partial charge in [-0.2, -0.15) is 0 Å². The predicted molar refractivity (Wildman–Crippen MR) is 73.6 cm³/mol. The highest BCUT2D eigenvalue weighted by molar-refractivity contribution is 5.80. The van der Waals surface area contributed by atoms with Crippen LogP contribution in [0.3, 0.4) is 0 Å². The van der Waals surface area contributed by atoms with Crippen LogP contribution in [0.5, 0.6) is 0 Å². The van der Waals surface area contributed by atoms with Crippen molar-refractivity contribution in [2.45, 2.75) is 31.9 Å². The molecule has 112 valence electrons. The van der Waals surface area contributed by atoms with Gasteiger partial charge in [-0.1, -0.05) is 6.92 Å². The molecule has 6 nitrogen and oxygen atoms in total. The third-order valence-corrected chi connectivity index (χ3v) is 3.53. The minimum Gasteiger partial charge on any atom is -0.394 e. The molecule has 0 bridgehead atoms. The van der Waals surface area contributed by atoms with Crippen molar-refractivity contribution in [3.05, 3.63) is 0 Å². The van der Waals surface area contributed by atoms with Gasteiger partial charge in [0.1, 0.15) is 0 Å². The van der Waals surface area contributed by atoms with Crippen LogP contribution in [-0.4, -0.2) is 60.8 Å². The van der Waals surface area contributed by atoms with Gasteiger partial charge in [0.25, 0.3) is 0 Å². The van der Waals surface area contributed by atoms with Gasteiger partial charge >= 0.3 is 0 Å². The molecule has 0 spiro atoms. The molecule has 1 heterocycles. The van der Waals surface area contributed by atoms with Gasteiger partial charge in [-0.05, 0) is 12.8 Å². The lowest BCUT2D eigenvalue weighted by molar-refractivity contribution is -0.133. The smallest absolute Gasteiger partial charge is 0.242 e. The third-order valence-electron chi connectivity index (χ3n) is 3.53. The molecule has 1 aliphatic heterocycles. The summed E-state index contributed by atoms with van der Waals surface area (Å²) in [7, 11) is 0. The van der Waals surface area contributed by atoms with Crippen LogP contribution in [0, 0.1) is 18.3 Å². The number of aliphatic hydroxyl groups excluding tert-OH is 1. The quantitative estimate of drug-likeness (QED) is 0.459. The molecule has 3 atom stereocenters. The second-order valence-electron chi connectivity index (χ2n) is 4.75. The van der Waals surface area contributed by atoms with Gasteiger partial charge in [0.2, 0.25) is 12.3 Å². The van der Waals surface area contributed by atoms with E-state index in [4.69, 9.17) is 16.3 Å². The van der Waals surface area contributed by atoms with E-state index in [9.17, 15) is 9.59 Å². The number of carbonyl (C=O) groups excluding carboxylic acids is 2. The summed E-state index contributed by atoms with van der Waals surface area (Å²) in [5.41, 5.74) is 0.